The van der Waals surface area contributed by atoms with Crippen molar-refractivity contribution >= 4 is 11.9 Å². The molecule has 3 aromatic rings. The molecule has 3 rings (SSSR count). The molecule has 7 nitrogen and oxygen atoms in total. The molecular formula is C30H34O7. The Kier molecular flexibility index (Phi) is 11.3. The van der Waals surface area contributed by atoms with Gasteiger partial charge < -0.3 is 24.1 Å². The van der Waals surface area contributed by atoms with Gasteiger partial charge in [0.1, 0.15) is 17.2 Å². The average molecular weight is 507 g/mol. The lowest BCUT2D eigenvalue weighted by molar-refractivity contribution is -0.136. The lowest BCUT2D eigenvalue weighted by Crippen LogP contribution is -2.09. The van der Waals surface area contributed by atoms with Crippen LogP contribution in [0.2, 0.25) is 0 Å². The highest BCUT2D eigenvalue weighted by Crippen LogP contribution is 2.22. The van der Waals surface area contributed by atoms with Gasteiger partial charge in [-0.05, 0) is 80.6 Å². The van der Waals surface area contributed by atoms with Crippen molar-refractivity contribution in [3.05, 3.63) is 89.5 Å². The van der Waals surface area contributed by atoms with Gasteiger partial charge >= 0.3 is 11.9 Å². The highest BCUT2D eigenvalue weighted by atomic mass is 16.5. The van der Waals surface area contributed by atoms with E-state index in [0.29, 0.717) is 36.7 Å². The maximum Gasteiger partial charge on any atom is 0.338 e. The summed E-state index contributed by atoms with van der Waals surface area (Å²) in [6.45, 7) is 3.71. The molecule has 0 radical (unpaired) electrons. The average Bonchev–Trinajstić information content (AvgIpc) is 2.90. The summed E-state index contributed by atoms with van der Waals surface area (Å²) in [5.74, 6) is 0.716. The van der Waals surface area contributed by atoms with Gasteiger partial charge in [-0.1, -0.05) is 30.3 Å². The van der Waals surface area contributed by atoms with E-state index >= 15 is 0 Å². The van der Waals surface area contributed by atoms with Crippen LogP contribution in [0.4, 0.5) is 0 Å². The van der Waals surface area contributed by atoms with Crippen LogP contribution >= 0.6 is 0 Å². The topological polar surface area (TPSA) is 91.3 Å². The monoisotopic (exact) mass is 506 g/mol. The van der Waals surface area contributed by atoms with Crippen LogP contribution in [-0.4, -0.2) is 43.5 Å². The van der Waals surface area contributed by atoms with Crippen molar-refractivity contribution < 1.29 is 33.6 Å². The Balaban J connectivity index is 1.36. The SMILES string of the molecule is CCOC(=O)c1ccc(OCCCc2ccc(OCCCCOc3ccccc3)cc2)c(CC(=O)O)c1. The van der Waals surface area contributed by atoms with Gasteiger partial charge in [-0.2, -0.15) is 0 Å². The number of rotatable bonds is 16. The van der Waals surface area contributed by atoms with Gasteiger partial charge in [0.25, 0.3) is 0 Å². The van der Waals surface area contributed by atoms with Crippen LogP contribution in [0.3, 0.4) is 0 Å². The molecule has 0 aliphatic rings. The summed E-state index contributed by atoms with van der Waals surface area (Å²) in [6.07, 6.45) is 3.17. The number of hydrogen-bond acceptors (Lipinski definition) is 6. The molecule has 0 aromatic heterocycles. The van der Waals surface area contributed by atoms with Gasteiger partial charge in [-0.25, -0.2) is 4.79 Å². The van der Waals surface area contributed by atoms with Gasteiger partial charge in [0, 0.05) is 5.56 Å². The fourth-order valence-corrected chi connectivity index (χ4v) is 3.67. The number of carbonyl (C=O) groups is 2. The Morgan fingerprint density at radius 1 is 0.757 bits per heavy atom. The summed E-state index contributed by atoms with van der Waals surface area (Å²) in [6, 6.07) is 22.5. The third kappa shape index (κ3) is 9.88. The number of benzene rings is 3. The van der Waals surface area contributed by atoms with Crippen LogP contribution in [0.25, 0.3) is 0 Å². The number of aryl methyl sites for hydroxylation is 1. The smallest absolute Gasteiger partial charge is 0.338 e. The molecule has 196 valence electrons. The summed E-state index contributed by atoms with van der Waals surface area (Å²) in [5.41, 5.74) is 1.93. The van der Waals surface area contributed by atoms with Crippen molar-refractivity contribution in [1.82, 2.24) is 0 Å². The fourth-order valence-electron chi connectivity index (χ4n) is 3.67. The first-order valence-electron chi connectivity index (χ1n) is 12.6. The highest BCUT2D eigenvalue weighted by molar-refractivity contribution is 5.90. The van der Waals surface area contributed by atoms with Crippen molar-refractivity contribution in [2.75, 3.05) is 26.4 Å². The number of esters is 1. The molecule has 0 aliphatic carbocycles. The molecule has 0 fully saturated rings. The summed E-state index contributed by atoms with van der Waals surface area (Å²) in [7, 11) is 0. The largest absolute Gasteiger partial charge is 0.494 e. The fraction of sp³-hybridized carbons (Fsp3) is 0.333. The molecule has 0 spiro atoms. The molecule has 0 atom stereocenters. The van der Waals surface area contributed by atoms with Crippen LogP contribution in [0, 0.1) is 0 Å². The lowest BCUT2D eigenvalue weighted by Gasteiger charge is -2.12. The van der Waals surface area contributed by atoms with Crippen molar-refractivity contribution in [1.29, 1.82) is 0 Å². The predicted octanol–water partition coefficient (Wildman–Crippen LogP) is 5.74. The van der Waals surface area contributed by atoms with Gasteiger partial charge in [-0.3, -0.25) is 4.79 Å². The summed E-state index contributed by atoms with van der Waals surface area (Å²) >= 11 is 0. The Hall–Kier alpha value is -4.00. The van der Waals surface area contributed by atoms with Crippen molar-refractivity contribution in [2.45, 2.75) is 39.0 Å². The van der Waals surface area contributed by atoms with E-state index in [0.717, 1.165) is 42.7 Å². The quantitative estimate of drug-likeness (QED) is 0.196. The second-order valence-electron chi connectivity index (χ2n) is 8.43. The Morgan fingerprint density at radius 3 is 2.05 bits per heavy atom. The van der Waals surface area contributed by atoms with Crippen LogP contribution in [0.1, 0.15) is 47.7 Å². The number of carboxylic acid groups (broad SMARTS) is 1. The molecule has 0 saturated heterocycles. The number of aliphatic carboxylic acids is 1. The zero-order chi connectivity index (χ0) is 26.3. The third-order valence-electron chi connectivity index (χ3n) is 5.52. The minimum atomic E-state index is -0.992. The van der Waals surface area contributed by atoms with E-state index in [1.54, 1.807) is 19.1 Å². The molecule has 1 N–H and O–H groups in total. The molecular weight excluding hydrogens is 472 g/mol. The second-order valence-corrected chi connectivity index (χ2v) is 8.43. The number of para-hydroxylation sites is 1. The van der Waals surface area contributed by atoms with E-state index in [-0.39, 0.29) is 13.0 Å². The molecule has 0 bridgehead atoms. The van der Waals surface area contributed by atoms with Crippen molar-refractivity contribution in [3.8, 4) is 17.2 Å². The van der Waals surface area contributed by atoms with E-state index in [2.05, 4.69) is 0 Å². The van der Waals surface area contributed by atoms with E-state index < -0.39 is 11.9 Å². The number of carboxylic acids is 1. The Bertz CT molecular complexity index is 1110. The molecule has 0 heterocycles. The first kappa shape index (κ1) is 27.6. The van der Waals surface area contributed by atoms with Crippen LogP contribution < -0.4 is 14.2 Å². The summed E-state index contributed by atoms with van der Waals surface area (Å²) in [4.78, 5) is 23.2. The van der Waals surface area contributed by atoms with Gasteiger partial charge in [0.2, 0.25) is 0 Å². The molecule has 3 aromatic carbocycles. The number of hydrogen-bond donors (Lipinski definition) is 1. The van der Waals surface area contributed by atoms with E-state index in [1.807, 2.05) is 54.6 Å². The maximum absolute atomic E-state index is 12.0. The highest BCUT2D eigenvalue weighted by Gasteiger charge is 2.14. The van der Waals surface area contributed by atoms with E-state index in [1.165, 1.54) is 6.07 Å². The normalized spacial score (nSPS) is 10.5. The molecule has 0 amide bonds. The lowest BCUT2D eigenvalue weighted by atomic mass is 10.1. The molecule has 0 saturated carbocycles. The summed E-state index contributed by atoms with van der Waals surface area (Å²) < 4.78 is 22.3. The third-order valence-corrected chi connectivity index (χ3v) is 5.52. The van der Waals surface area contributed by atoms with Crippen molar-refractivity contribution in [2.24, 2.45) is 0 Å². The molecule has 0 aliphatic heterocycles. The number of carbonyl (C=O) groups excluding carboxylic acids is 1. The standard InChI is InChI=1S/C30H34O7/c1-2-34-30(33)24-14-17-28(25(21-24)22-29(31)32)37-20-8-9-23-12-15-27(16-13-23)36-19-7-6-18-35-26-10-4-3-5-11-26/h3-5,10-17,21H,2,6-9,18-20,22H2,1H3,(H,31,32). The maximum atomic E-state index is 12.0. The first-order chi connectivity index (χ1) is 18.0. The van der Waals surface area contributed by atoms with Gasteiger partial charge in [0.15, 0.2) is 0 Å². The second kappa shape index (κ2) is 15.2. The van der Waals surface area contributed by atoms with E-state index in [9.17, 15) is 14.7 Å². The Labute approximate surface area is 217 Å². The van der Waals surface area contributed by atoms with Crippen LogP contribution in [0.5, 0.6) is 17.2 Å². The summed E-state index contributed by atoms with van der Waals surface area (Å²) in [5, 5.41) is 9.21. The van der Waals surface area contributed by atoms with Gasteiger partial charge in [0.05, 0.1) is 38.4 Å². The zero-order valence-corrected chi connectivity index (χ0v) is 21.2. The predicted molar refractivity (Wildman–Crippen MR) is 141 cm³/mol. The molecule has 37 heavy (non-hydrogen) atoms. The minimum Gasteiger partial charge on any atom is -0.494 e. The molecule has 0 unspecified atom stereocenters. The number of ether oxygens (including phenoxy) is 4. The minimum absolute atomic E-state index is 0.232. The first-order valence-corrected chi connectivity index (χ1v) is 12.6. The zero-order valence-electron chi connectivity index (χ0n) is 21.2. The van der Waals surface area contributed by atoms with E-state index in [4.69, 9.17) is 18.9 Å². The Morgan fingerprint density at radius 2 is 1.41 bits per heavy atom. The van der Waals surface area contributed by atoms with Crippen LogP contribution in [0.15, 0.2) is 72.8 Å². The van der Waals surface area contributed by atoms with Crippen molar-refractivity contribution in [3.63, 3.8) is 0 Å². The number of unbranched alkanes of at least 4 members (excludes halogenated alkanes) is 1. The van der Waals surface area contributed by atoms with Gasteiger partial charge in [-0.15, -0.1) is 0 Å². The van der Waals surface area contributed by atoms with Crippen LogP contribution in [-0.2, 0) is 22.4 Å². The molecule has 7 heteroatoms.